The zero-order valence-corrected chi connectivity index (χ0v) is 16.5. The van der Waals surface area contributed by atoms with Crippen LogP contribution in [0.15, 0.2) is 48.5 Å². The first-order valence-corrected chi connectivity index (χ1v) is 10.8. The van der Waals surface area contributed by atoms with Gasteiger partial charge in [-0.25, -0.2) is 8.42 Å². The fourth-order valence-corrected chi connectivity index (χ4v) is 3.11. The molecule has 1 amide bonds. The highest BCUT2D eigenvalue weighted by atomic mass is 32.2. The van der Waals surface area contributed by atoms with E-state index >= 15 is 0 Å². The van der Waals surface area contributed by atoms with Crippen LogP contribution in [0.25, 0.3) is 0 Å². The van der Waals surface area contributed by atoms with E-state index < -0.39 is 10.0 Å². The van der Waals surface area contributed by atoms with Crippen molar-refractivity contribution < 1.29 is 17.9 Å². The molecule has 7 heteroatoms. The molecule has 0 saturated carbocycles. The van der Waals surface area contributed by atoms with Crippen molar-refractivity contribution in [3.63, 3.8) is 0 Å². The Morgan fingerprint density at radius 3 is 2.44 bits per heavy atom. The second kappa shape index (κ2) is 9.97. The third-order valence-electron chi connectivity index (χ3n) is 3.79. The van der Waals surface area contributed by atoms with Crippen LogP contribution in [0.3, 0.4) is 0 Å². The van der Waals surface area contributed by atoms with Gasteiger partial charge in [-0.15, -0.1) is 0 Å². The van der Waals surface area contributed by atoms with Crippen molar-refractivity contribution in [1.82, 2.24) is 5.32 Å². The van der Waals surface area contributed by atoms with Crippen LogP contribution in [0, 0.1) is 0 Å². The van der Waals surface area contributed by atoms with Gasteiger partial charge in [0, 0.05) is 17.8 Å². The molecule has 0 bridgehead atoms. The van der Waals surface area contributed by atoms with Crippen molar-refractivity contribution in [1.29, 1.82) is 0 Å². The van der Waals surface area contributed by atoms with Gasteiger partial charge in [0.05, 0.1) is 12.9 Å². The van der Waals surface area contributed by atoms with Crippen molar-refractivity contribution in [2.45, 2.75) is 26.2 Å². The van der Waals surface area contributed by atoms with E-state index in [0.29, 0.717) is 24.4 Å². The molecule has 146 valence electrons. The molecule has 0 saturated heterocycles. The molecule has 2 aromatic rings. The fraction of sp³-hybridized carbons (Fsp3) is 0.350. The molecule has 0 heterocycles. The number of carbonyl (C=O) groups excluding carboxylic acids is 1. The summed E-state index contributed by atoms with van der Waals surface area (Å²) >= 11 is 0. The Balaban J connectivity index is 1.81. The zero-order chi connectivity index (χ0) is 19.7. The lowest BCUT2D eigenvalue weighted by atomic mass is 10.1. The molecule has 0 aromatic heterocycles. The van der Waals surface area contributed by atoms with E-state index in [0.717, 1.165) is 36.8 Å². The van der Waals surface area contributed by atoms with Crippen molar-refractivity contribution >= 4 is 21.6 Å². The van der Waals surface area contributed by atoms with E-state index in [2.05, 4.69) is 17.0 Å². The van der Waals surface area contributed by atoms with Gasteiger partial charge in [0.15, 0.2) is 0 Å². The maximum absolute atomic E-state index is 12.2. The Kier molecular flexibility index (Phi) is 7.67. The summed E-state index contributed by atoms with van der Waals surface area (Å²) in [6.45, 7) is 3.31. The summed E-state index contributed by atoms with van der Waals surface area (Å²) in [5, 5.41) is 2.88. The first-order chi connectivity index (χ1) is 12.9. The third kappa shape index (κ3) is 7.30. The lowest BCUT2D eigenvalue weighted by Crippen LogP contribution is -2.24. The number of hydrogen-bond acceptors (Lipinski definition) is 4. The highest BCUT2D eigenvalue weighted by Crippen LogP contribution is 2.19. The number of para-hydroxylation sites is 1. The van der Waals surface area contributed by atoms with Gasteiger partial charge in [-0.3, -0.25) is 9.52 Å². The summed E-state index contributed by atoms with van der Waals surface area (Å²) in [5.41, 5.74) is 2.05. The van der Waals surface area contributed by atoms with Gasteiger partial charge in [0.2, 0.25) is 10.0 Å². The lowest BCUT2D eigenvalue weighted by molar-refractivity contribution is 0.0953. The molecular weight excluding hydrogens is 364 g/mol. The normalized spacial score (nSPS) is 11.0. The molecule has 0 aliphatic carbocycles. The van der Waals surface area contributed by atoms with Crippen LogP contribution in [-0.2, 0) is 16.4 Å². The summed E-state index contributed by atoms with van der Waals surface area (Å²) in [5.74, 6) is 0.719. The quantitative estimate of drug-likeness (QED) is 0.610. The molecule has 0 fully saturated rings. The predicted molar refractivity (Wildman–Crippen MR) is 108 cm³/mol. The summed E-state index contributed by atoms with van der Waals surface area (Å²) < 4.78 is 30.5. The van der Waals surface area contributed by atoms with E-state index in [1.807, 2.05) is 24.3 Å². The van der Waals surface area contributed by atoms with Crippen molar-refractivity contribution in [3.8, 4) is 5.75 Å². The number of hydrogen-bond donors (Lipinski definition) is 2. The standard InChI is InChI=1S/C20H26N2O4S/c1-3-15-26-19-9-5-4-7-16(19)8-6-14-21-20(23)17-10-12-18(13-11-17)22-27(2,24)25/h4-5,7,9-13,22H,3,6,8,14-15H2,1-2H3,(H,21,23). The van der Waals surface area contributed by atoms with Gasteiger partial charge >= 0.3 is 0 Å². The molecule has 2 N–H and O–H groups in total. The Morgan fingerprint density at radius 1 is 1.07 bits per heavy atom. The molecule has 0 atom stereocenters. The molecule has 0 unspecified atom stereocenters. The second-order valence-electron chi connectivity index (χ2n) is 6.27. The van der Waals surface area contributed by atoms with Crippen LogP contribution in [0.4, 0.5) is 5.69 Å². The number of amides is 1. The topological polar surface area (TPSA) is 84.5 Å². The number of carbonyl (C=O) groups is 1. The van der Waals surface area contributed by atoms with Crippen molar-refractivity contribution in [2.24, 2.45) is 0 Å². The van der Waals surface area contributed by atoms with E-state index in [9.17, 15) is 13.2 Å². The second-order valence-corrected chi connectivity index (χ2v) is 8.02. The highest BCUT2D eigenvalue weighted by molar-refractivity contribution is 7.92. The molecule has 27 heavy (non-hydrogen) atoms. The highest BCUT2D eigenvalue weighted by Gasteiger charge is 2.07. The molecule has 6 nitrogen and oxygen atoms in total. The SMILES string of the molecule is CCCOc1ccccc1CCCNC(=O)c1ccc(NS(C)(=O)=O)cc1. The number of anilines is 1. The molecule has 0 aliphatic rings. The van der Waals surface area contributed by atoms with Gasteiger partial charge in [-0.1, -0.05) is 25.1 Å². The Labute approximate surface area is 161 Å². The maximum atomic E-state index is 12.2. The van der Waals surface area contributed by atoms with E-state index in [-0.39, 0.29) is 5.91 Å². The number of ether oxygens (including phenoxy) is 1. The maximum Gasteiger partial charge on any atom is 0.251 e. The summed E-state index contributed by atoms with van der Waals surface area (Å²) in [4.78, 5) is 12.2. The fourth-order valence-electron chi connectivity index (χ4n) is 2.55. The van der Waals surface area contributed by atoms with Gasteiger partial charge in [0.1, 0.15) is 5.75 Å². The largest absolute Gasteiger partial charge is 0.493 e. The summed E-state index contributed by atoms with van der Waals surface area (Å²) in [6.07, 6.45) is 3.66. The summed E-state index contributed by atoms with van der Waals surface area (Å²) in [7, 11) is -3.32. The summed E-state index contributed by atoms with van der Waals surface area (Å²) in [6, 6.07) is 14.3. The monoisotopic (exact) mass is 390 g/mol. The average molecular weight is 391 g/mol. The minimum Gasteiger partial charge on any atom is -0.493 e. The van der Waals surface area contributed by atoms with E-state index in [1.165, 1.54) is 0 Å². The van der Waals surface area contributed by atoms with Crippen molar-refractivity contribution in [2.75, 3.05) is 24.1 Å². The van der Waals surface area contributed by atoms with Crippen LogP contribution < -0.4 is 14.8 Å². The predicted octanol–water partition coefficient (Wildman–Crippen LogP) is 3.21. The van der Waals surface area contributed by atoms with Crippen LogP contribution in [0.2, 0.25) is 0 Å². The molecule has 0 spiro atoms. The molecule has 0 radical (unpaired) electrons. The van der Waals surface area contributed by atoms with Crippen LogP contribution >= 0.6 is 0 Å². The molecular formula is C20H26N2O4S. The molecule has 2 aromatic carbocycles. The minimum absolute atomic E-state index is 0.184. The Morgan fingerprint density at radius 2 is 1.78 bits per heavy atom. The third-order valence-corrected chi connectivity index (χ3v) is 4.40. The number of benzene rings is 2. The molecule has 2 rings (SSSR count). The first-order valence-electron chi connectivity index (χ1n) is 8.96. The number of aryl methyl sites for hydroxylation is 1. The lowest BCUT2D eigenvalue weighted by Gasteiger charge is -2.11. The Hall–Kier alpha value is -2.54. The van der Waals surface area contributed by atoms with Gasteiger partial charge in [-0.2, -0.15) is 0 Å². The van der Waals surface area contributed by atoms with E-state index in [4.69, 9.17) is 4.74 Å². The van der Waals surface area contributed by atoms with E-state index in [1.54, 1.807) is 24.3 Å². The minimum atomic E-state index is -3.32. The van der Waals surface area contributed by atoms with Gasteiger partial charge < -0.3 is 10.1 Å². The van der Waals surface area contributed by atoms with Crippen LogP contribution in [0.5, 0.6) is 5.75 Å². The van der Waals surface area contributed by atoms with Crippen LogP contribution in [0.1, 0.15) is 35.7 Å². The number of rotatable bonds is 10. The average Bonchev–Trinajstić information content (AvgIpc) is 2.63. The van der Waals surface area contributed by atoms with Crippen LogP contribution in [-0.4, -0.2) is 33.7 Å². The number of sulfonamides is 1. The first kappa shape index (κ1) is 20.8. The van der Waals surface area contributed by atoms with Gasteiger partial charge in [-0.05, 0) is 55.2 Å². The Bertz CT molecular complexity index is 849. The number of nitrogens with one attached hydrogen (secondary N) is 2. The van der Waals surface area contributed by atoms with Gasteiger partial charge in [0.25, 0.3) is 5.91 Å². The molecule has 0 aliphatic heterocycles. The van der Waals surface area contributed by atoms with Crippen molar-refractivity contribution in [3.05, 3.63) is 59.7 Å². The smallest absolute Gasteiger partial charge is 0.251 e. The zero-order valence-electron chi connectivity index (χ0n) is 15.7.